The van der Waals surface area contributed by atoms with Gasteiger partial charge in [-0.25, -0.2) is 0 Å². The summed E-state index contributed by atoms with van der Waals surface area (Å²) >= 11 is 0. The molecule has 1 saturated carbocycles. The van der Waals surface area contributed by atoms with E-state index in [1.165, 1.54) is 25.7 Å². The van der Waals surface area contributed by atoms with E-state index in [0.29, 0.717) is 12.3 Å². The van der Waals surface area contributed by atoms with Crippen molar-refractivity contribution in [3.05, 3.63) is 11.7 Å². The van der Waals surface area contributed by atoms with Gasteiger partial charge in [-0.15, -0.1) is 0 Å². The third-order valence-corrected chi connectivity index (χ3v) is 4.37. The van der Waals surface area contributed by atoms with E-state index < -0.39 is 0 Å². The maximum absolute atomic E-state index is 11.7. The van der Waals surface area contributed by atoms with Gasteiger partial charge in [0.15, 0.2) is 5.82 Å². The number of nitrogens with zero attached hydrogens (tertiary/aromatic N) is 3. The van der Waals surface area contributed by atoms with Crippen molar-refractivity contribution in [3.63, 3.8) is 0 Å². The number of likely N-dealkylation sites (tertiary alicyclic amines) is 1. The van der Waals surface area contributed by atoms with Crippen LogP contribution in [0.3, 0.4) is 0 Å². The third kappa shape index (κ3) is 2.51. The van der Waals surface area contributed by atoms with Crippen LogP contribution in [-0.4, -0.2) is 34.0 Å². The maximum Gasteiger partial charge on any atom is 0.231 e. The van der Waals surface area contributed by atoms with Crippen LogP contribution in [0.1, 0.15) is 69.0 Å². The molecule has 0 radical (unpaired) electrons. The lowest BCUT2D eigenvalue weighted by Crippen LogP contribution is -2.27. The fourth-order valence-corrected chi connectivity index (χ4v) is 3.17. The smallest absolute Gasteiger partial charge is 0.231 e. The second-order valence-electron chi connectivity index (χ2n) is 5.65. The van der Waals surface area contributed by atoms with Gasteiger partial charge in [0, 0.05) is 25.4 Å². The maximum atomic E-state index is 11.7. The Hall–Kier alpha value is -1.39. The van der Waals surface area contributed by atoms with Crippen molar-refractivity contribution in [2.45, 2.75) is 57.3 Å². The van der Waals surface area contributed by atoms with Gasteiger partial charge in [0.25, 0.3) is 0 Å². The third-order valence-electron chi connectivity index (χ3n) is 4.37. The Morgan fingerprint density at radius 1 is 1.32 bits per heavy atom. The van der Waals surface area contributed by atoms with Crippen molar-refractivity contribution < 1.29 is 9.32 Å². The van der Waals surface area contributed by atoms with Crippen molar-refractivity contribution >= 4 is 5.91 Å². The van der Waals surface area contributed by atoms with E-state index in [4.69, 9.17) is 4.52 Å². The van der Waals surface area contributed by atoms with E-state index in [-0.39, 0.29) is 11.8 Å². The van der Waals surface area contributed by atoms with E-state index in [1.54, 1.807) is 0 Å². The Labute approximate surface area is 113 Å². The van der Waals surface area contributed by atoms with Crippen LogP contribution in [0.4, 0.5) is 0 Å². The molecule has 1 aromatic rings. The first-order valence-electron chi connectivity index (χ1n) is 7.39. The minimum atomic E-state index is 0.220. The second kappa shape index (κ2) is 5.31. The summed E-state index contributed by atoms with van der Waals surface area (Å²) in [4.78, 5) is 18.1. The van der Waals surface area contributed by atoms with E-state index in [2.05, 4.69) is 10.1 Å². The summed E-state index contributed by atoms with van der Waals surface area (Å²) in [5.41, 5.74) is 0. The molecule has 5 nitrogen and oxygen atoms in total. The Bertz CT molecular complexity index is 451. The van der Waals surface area contributed by atoms with Gasteiger partial charge in [0.2, 0.25) is 11.8 Å². The van der Waals surface area contributed by atoms with Crippen LogP contribution in [0, 0.1) is 0 Å². The van der Waals surface area contributed by atoms with Crippen molar-refractivity contribution in [1.29, 1.82) is 0 Å². The molecule has 0 spiro atoms. The molecule has 1 unspecified atom stereocenters. The average Bonchev–Trinajstić information content (AvgIpc) is 3.14. The Morgan fingerprint density at radius 3 is 2.84 bits per heavy atom. The number of rotatable bonds is 3. The van der Waals surface area contributed by atoms with Gasteiger partial charge >= 0.3 is 0 Å². The standard InChI is InChI=1S/C14H21N3O2/c1-2-12(18)17-8-7-11(9-17)14-15-13(16-19-14)10-5-3-4-6-10/h10-11H,2-9H2,1H3. The summed E-state index contributed by atoms with van der Waals surface area (Å²) in [5.74, 6) is 2.56. The van der Waals surface area contributed by atoms with Gasteiger partial charge in [0.05, 0.1) is 5.92 Å². The molecule has 1 atom stereocenters. The van der Waals surface area contributed by atoms with Crippen LogP contribution in [0.2, 0.25) is 0 Å². The monoisotopic (exact) mass is 263 g/mol. The first kappa shape index (κ1) is 12.6. The molecule has 1 amide bonds. The van der Waals surface area contributed by atoms with Gasteiger partial charge in [-0.3, -0.25) is 4.79 Å². The van der Waals surface area contributed by atoms with Crippen LogP contribution in [0.15, 0.2) is 4.52 Å². The van der Waals surface area contributed by atoms with Crippen molar-refractivity contribution in [2.75, 3.05) is 13.1 Å². The zero-order valence-electron chi connectivity index (χ0n) is 11.5. The molecule has 1 aliphatic heterocycles. The predicted molar refractivity (Wildman–Crippen MR) is 69.7 cm³/mol. The highest BCUT2D eigenvalue weighted by Crippen LogP contribution is 2.34. The quantitative estimate of drug-likeness (QED) is 0.840. The first-order chi connectivity index (χ1) is 9.28. The number of carbonyl (C=O) groups excluding carboxylic acids is 1. The summed E-state index contributed by atoms with van der Waals surface area (Å²) in [6.07, 6.45) is 6.43. The minimum absolute atomic E-state index is 0.220. The molecule has 1 aliphatic carbocycles. The molecule has 1 aromatic heterocycles. The summed E-state index contributed by atoms with van der Waals surface area (Å²) in [7, 11) is 0. The Morgan fingerprint density at radius 2 is 2.11 bits per heavy atom. The normalized spacial score (nSPS) is 24.3. The van der Waals surface area contributed by atoms with Crippen LogP contribution in [0.25, 0.3) is 0 Å². The van der Waals surface area contributed by atoms with Gasteiger partial charge in [-0.1, -0.05) is 24.9 Å². The summed E-state index contributed by atoms with van der Waals surface area (Å²) in [6.45, 7) is 3.46. The molecule has 1 saturated heterocycles. The first-order valence-corrected chi connectivity index (χ1v) is 7.39. The van der Waals surface area contributed by atoms with Gasteiger partial charge in [-0.2, -0.15) is 4.98 Å². The molecule has 2 fully saturated rings. The average molecular weight is 263 g/mol. The molecule has 3 rings (SSSR count). The van der Waals surface area contributed by atoms with Gasteiger partial charge in [0.1, 0.15) is 0 Å². The van der Waals surface area contributed by atoms with Crippen LogP contribution >= 0.6 is 0 Å². The molecule has 19 heavy (non-hydrogen) atoms. The summed E-state index contributed by atoms with van der Waals surface area (Å²) in [5, 5.41) is 4.14. The second-order valence-corrected chi connectivity index (χ2v) is 5.65. The molecule has 2 heterocycles. The lowest BCUT2D eigenvalue weighted by molar-refractivity contribution is -0.129. The number of hydrogen-bond donors (Lipinski definition) is 0. The highest BCUT2D eigenvalue weighted by atomic mass is 16.5. The lowest BCUT2D eigenvalue weighted by Gasteiger charge is -2.13. The molecule has 5 heteroatoms. The zero-order valence-corrected chi connectivity index (χ0v) is 11.5. The SMILES string of the molecule is CCC(=O)N1CCC(c2nc(C3CCCC3)no2)C1. The molecular formula is C14H21N3O2. The fraction of sp³-hybridized carbons (Fsp3) is 0.786. The topological polar surface area (TPSA) is 59.2 Å². The molecule has 0 bridgehead atoms. The van der Waals surface area contributed by atoms with Crippen molar-refractivity contribution in [3.8, 4) is 0 Å². The van der Waals surface area contributed by atoms with Crippen LogP contribution < -0.4 is 0 Å². The highest BCUT2D eigenvalue weighted by Gasteiger charge is 2.31. The molecule has 104 valence electrons. The highest BCUT2D eigenvalue weighted by molar-refractivity contribution is 5.76. The Balaban J connectivity index is 1.65. The number of amides is 1. The largest absolute Gasteiger partial charge is 0.342 e. The molecule has 0 aromatic carbocycles. The minimum Gasteiger partial charge on any atom is -0.342 e. The summed E-state index contributed by atoms with van der Waals surface area (Å²) < 4.78 is 5.42. The van der Waals surface area contributed by atoms with Gasteiger partial charge < -0.3 is 9.42 Å². The summed E-state index contributed by atoms with van der Waals surface area (Å²) in [6, 6.07) is 0. The lowest BCUT2D eigenvalue weighted by atomic mass is 10.1. The van der Waals surface area contributed by atoms with Crippen LogP contribution in [-0.2, 0) is 4.79 Å². The number of carbonyl (C=O) groups is 1. The van der Waals surface area contributed by atoms with Crippen molar-refractivity contribution in [2.24, 2.45) is 0 Å². The van der Waals surface area contributed by atoms with Gasteiger partial charge in [-0.05, 0) is 19.3 Å². The molecule has 2 aliphatic rings. The molecular weight excluding hydrogens is 242 g/mol. The van der Waals surface area contributed by atoms with E-state index in [1.807, 2.05) is 11.8 Å². The van der Waals surface area contributed by atoms with Crippen LogP contribution in [0.5, 0.6) is 0 Å². The molecule has 0 N–H and O–H groups in total. The number of hydrogen-bond acceptors (Lipinski definition) is 4. The van der Waals surface area contributed by atoms with E-state index in [9.17, 15) is 4.79 Å². The Kier molecular flexibility index (Phi) is 3.53. The predicted octanol–water partition coefficient (Wildman–Crippen LogP) is 2.45. The number of aromatic nitrogens is 2. The zero-order chi connectivity index (χ0) is 13.2. The fourth-order valence-electron chi connectivity index (χ4n) is 3.17. The van der Waals surface area contributed by atoms with Crippen molar-refractivity contribution in [1.82, 2.24) is 15.0 Å². The van der Waals surface area contributed by atoms with E-state index >= 15 is 0 Å². The van der Waals surface area contributed by atoms with E-state index in [0.717, 1.165) is 31.2 Å².